The molecule has 0 aliphatic heterocycles. The van der Waals surface area contributed by atoms with Gasteiger partial charge in [-0.2, -0.15) is 0 Å². The Bertz CT molecular complexity index is 1300. The minimum atomic E-state index is -0.157. The zero-order valence-electron chi connectivity index (χ0n) is 17.0. The Morgan fingerprint density at radius 2 is 1.90 bits per heavy atom. The first-order valence-corrected chi connectivity index (χ1v) is 12.0. The molecule has 0 aliphatic carbocycles. The van der Waals surface area contributed by atoms with Crippen molar-refractivity contribution in [3.05, 3.63) is 80.9 Å². The van der Waals surface area contributed by atoms with E-state index >= 15 is 0 Å². The molecule has 0 aliphatic rings. The summed E-state index contributed by atoms with van der Waals surface area (Å²) in [4.78, 5) is 30.5. The molecule has 158 valence electrons. The van der Waals surface area contributed by atoms with E-state index in [4.69, 9.17) is 11.6 Å². The first-order valence-electron chi connectivity index (χ1n) is 9.72. The average molecular weight is 470 g/mol. The zero-order chi connectivity index (χ0) is 22.0. The number of carbonyl (C=O) groups excluding carboxylic acids is 1. The second-order valence-electron chi connectivity index (χ2n) is 7.23. The lowest BCUT2D eigenvalue weighted by atomic mass is 10.0. The van der Waals surface area contributed by atoms with Gasteiger partial charge in [0.2, 0.25) is 5.91 Å². The first kappa shape index (κ1) is 21.6. The normalized spacial score (nSPS) is 11.2. The molecule has 0 atom stereocenters. The molecule has 31 heavy (non-hydrogen) atoms. The van der Waals surface area contributed by atoms with Crippen LogP contribution >= 0.6 is 34.7 Å². The van der Waals surface area contributed by atoms with Crippen molar-refractivity contribution >= 4 is 56.5 Å². The summed E-state index contributed by atoms with van der Waals surface area (Å²) in [5.41, 5.74) is 3.02. The fraction of sp³-hybridized carbons (Fsp3) is 0.174. The number of fused-ring (bicyclic) bond motifs is 1. The Kier molecular flexibility index (Phi) is 6.46. The molecule has 0 saturated carbocycles. The predicted octanol–water partition coefficient (Wildman–Crippen LogP) is 5.95. The molecule has 8 heteroatoms. The summed E-state index contributed by atoms with van der Waals surface area (Å²) in [6, 6.07) is 16.6. The van der Waals surface area contributed by atoms with E-state index in [0.29, 0.717) is 32.0 Å². The number of anilines is 1. The highest BCUT2D eigenvalue weighted by molar-refractivity contribution is 7.99. The lowest BCUT2D eigenvalue weighted by Crippen LogP contribution is -2.22. The van der Waals surface area contributed by atoms with Crippen LogP contribution in [0.5, 0.6) is 0 Å². The van der Waals surface area contributed by atoms with E-state index in [1.807, 2.05) is 35.7 Å². The largest absolute Gasteiger partial charge is 0.325 e. The molecule has 4 rings (SSSR count). The van der Waals surface area contributed by atoms with Gasteiger partial charge in [-0.3, -0.25) is 14.2 Å². The molecule has 1 amide bonds. The Morgan fingerprint density at radius 3 is 2.65 bits per heavy atom. The molecule has 0 fully saturated rings. The van der Waals surface area contributed by atoms with E-state index in [1.54, 1.807) is 24.3 Å². The zero-order valence-corrected chi connectivity index (χ0v) is 19.4. The van der Waals surface area contributed by atoms with Gasteiger partial charge in [0.1, 0.15) is 4.70 Å². The highest BCUT2D eigenvalue weighted by Gasteiger charge is 2.16. The molecule has 2 heterocycles. The average Bonchev–Trinajstić information content (AvgIpc) is 3.22. The minimum Gasteiger partial charge on any atom is -0.325 e. The minimum absolute atomic E-state index is 0.127. The molecule has 0 spiro atoms. The van der Waals surface area contributed by atoms with Gasteiger partial charge in [-0.25, -0.2) is 4.98 Å². The van der Waals surface area contributed by atoms with Crippen LogP contribution < -0.4 is 10.9 Å². The molecule has 0 bridgehead atoms. The summed E-state index contributed by atoms with van der Waals surface area (Å²) >= 11 is 8.60. The van der Waals surface area contributed by atoms with Gasteiger partial charge in [-0.15, -0.1) is 11.3 Å². The number of thiophene rings is 1. The molecule has 1 N–H and O–H groups in total. The summed E-state index contributed by atoms with van der Waals surface area (Å²) in [7, 11) is 0. The number of rotatable bonds is 6. The Labute approximate surface area is 193 Å². The Morgan fingerprint density at radius 1 is 1.16 bits per heavy atom. The maximum absolute atomic E-state index is 13.1. The summed E-state index contributed by atoms with van der Waals surface area (Å²) in [6.45, 7) is 4.18. The van der Waals surface area contributed by atoms with Gasteiger partial charge in [0.15, 0.2) is 5.16 Å². The van der Waals surface area contributed by atoms with Crippen LogP contribution in [-0.2, 0) is 4.79 Å². The van der Waals surface area contributed by atoms with Crippen molar-refractivity contribution < 1.29 is 4.79 Å². The van der Waals surface area contributed by atoms with Gasteiger partial charge in [0, 0.05) is 10.7 Å². The fourth-order valence-corrected chi connectivity index (χ4v) is 4.94. The molecule has 2 aromatic carbocycles. The van der Waals surface area contributed by atoms with Crippen molar-refractivity contribution in [3.8, 4) is 5.69 Å². The molecule has 0 saturated heterocycles. The summed E-state index contributed by atoms with van der Waals surface area (Å²) in [5.74, 6) is 0.268. The second-order valence-corrected chi connectivity index (χ2v) is 9.52. The second kappa shape index (κ2) is 9.26. The van der Waals surface area contributed by atoms with Crippen molar-refractivity contribution in [3.63, 3.8) is 0 Å². The van der Waals surface area contributed by atoms with E-state index in [9.17, 15) is 9.59 Å². The predicted molar refractivity (Wildman–Crippen MR) is 130 cm³/mol. The molecular weight excluding hydrogens is 450 g/mol. The third-order valence-corrected chi connectivity index (χ3v) is 6.81. The van der Waals surface area contributed by atoms with Crippen molar-refractivity contribution in [2.75, 3.05) is 11.1 Å². The topological polar surface area (TPSA) is 64.0 Å². The highest BCUT2D eigenvalue weighted by atomic mass is 35.5. The number of carbonyl (C=O) groups is 1. The number of halogens is 1. The standard InChI is InChI=1S/C23H20ClN3O2S2/c1-14(2)17-5-3-4-6-18(17)25-20(28)13-31-23-26-19-11-12-30-21(19)22(29)27(23)16-9-7-15(24)8-10-16/h3-12,14H,13H2,1-2H3,(H,25,28). The molecular formula is C23H20ClN3O2S2. The van der Waals surface area contributed by atoms with Gasteiger partial charge < -0.3 is 5.32 Å². The van der Waals surface area contributed by atoms with Crippen molar-refractivity contribution in [1.82, 2.24) is 9.55 Å². The summed E-state index contributed by atoms with van der Waals surface area (Å²) < 4.78 is 2.12. The molecule has 5 nitrogen and oxygen atoms in total. The number of hydrogen-bond donors (Lipinski definition) is 1. The van der Waals surface area contributed by atoms with Crippen LogP contribution in [0.2, 0.25) is 5.02 Å². The number of para-hydroxylation sites is 1. The van der Waals surface area contributed by atoms with Crippen LogP contribution in [-0.4, -0.2) is 21.2 Å². The van der Waals surface area contributed by atoms with E-state index < -0.39 is 0 Å². The van der Waals surface area contributed by atoms with Crippen molar-refractivity contribution in [1.29, 1.82) is 0 Å². The summed E-state index contributed by atoms with van der Waals surface area (Å²) in [6.07, 6.45) is 0. The fourth-order valence-electron chi connectivity index (χ4n) is 3.24. The van der Waals surface area contributed by atoms with Crippen LogP contribution in [0, 0.1) is 0 Å². The number of nitrogens with zero attached hydrogens (tertiary/aromatic N) is 2. The van der Waals surface area contributed by atoms with Gasteiger partial charge in [0.05, 0.1) is 17.0 Å². The SMILES string of the molecule is CC(C)c1ccccc1NC(=O)CSc1nc2ccsc2c(=O)n1-c1ccc(Cl)cc1. The van der Waals surface area contributed by atoms with Gasteiger partial charge >= 0.3 is 0 Å². The highest BCUT2D eigenvalue weighted by Crippen LogP contribution is 2.26. The van der Waals surface area contributed by atoms with Crippen LogP contribution in [0.3, 0.4) is 0 Å². The molecule has 4 aromatic rings. The van der Waals surface area contributed by atoms with E-state index in [2.05, 4.69) is 24.1 Å². The lowest BCUT2D eigenvalue weighted by molar-refractivity contribution is -0.113. The Balaban J connectivity index is 1.62. The van der Waals surface area contributed by atoms with E-state index in [1.165, 1.54) is 27.7 Å². The number of thioether (sulfide) groups is 1. The molecule has 2 aromatic heterocycles. The first-order chi connectivity index (χ1) is 14.9. The smallest absolute Gasteiger partial charge is 0.276 e. The van der Waals surface area contributed by atoms with Crippen molar-refractivity contribution in [2.24, 2.45) is 0 Å². The monoisotopic (exact) mass is 469 g/mol. The Hall–Kier alpha value is -2.61. The quantitative estimate of drug-likeness (QED) is 0.280. The maximum atomic E-state index is 13.1. The van der Waals surface area contributed by atoms with Crippen molar-refractivity contribution in [2.45, 2.75) is 24.9 Å². The molecule has 0 radical (unpaired) electrons. The van der Waals surface area contributed by atoms with Gasteiger partial charge in [0.25, 0.3) is 5.56 Å². The number of aromatic nitrogens is 2. The number of amides is 1. The third-order valence-electron chi connectivity index (χ3n) is 4.72. The molecule has 0 unspecified atom stereocenters. The maximum Gasteiger partial charge on any atom is 0.276 e. The van der Waals surface area contributed by atoms with E-state index in [-0.39, 0.29) is 17.2 Å². The van der Waals surface area contributed by atoms with Crippen LogP contribution in [0.4, 0.5) is 5.69 Å². The van der Waals surface area contributed by atoms with E-state index in [0.717, 1.165) is 11.3 Å². The van der Waals surface area contributed by atoms with Crippen LogP contribution in [0.15, 0.2) is 69.9 Å². The van der Waals surface area contributed by atoms with Crippen LogP contribution in [0.25, 0.3) is 15.9 Å². The number of hydrogen-bond acceptors (Lipinski definition) is 5. The summed E-state index contributed by atoms with van der Waals surface area (Å²) in [5, 5.41) is 5.87. The lowest BCUT2D eigenvalue weighted by Gasteiger charge is -2.14. The van der Waals surface area contributed by atoms with Gasteiger partial charge in [-0.1, -0.05) is 55.4 Å². The number of nitrogens with one attached hydrogen (secondary N) is 1. The van der Waals surface area contributed by atoms with Crippen LogP contribution in [0.1, 0.15) is 25.3 Å². The van der Waals surface area contributed by atoms with Gasteiger partial charge in [-0.05, 0) is 53.3 Å². The number of benzene rings is 2. The third kappa shape index (κ3) is 4.69.